The second-order valence-electron chi connectivity index (χ2n) is 5.19. The van der Waals surface area contributed by atoms with Crippen LogP contribution in [0.5, 0.6) is 0 Å². The number of aliphatic carboxylic acids is 1. The average molecular weight is 343 g/mol. The predicted molar refractivity (Wildman–Crippen MR) is 80.5 cm³/mol. The van der Waals surface area contributed by atoms with E-state index in [0.29, 0.717) is 19.4 Å². The average Bonchev–Trinajstić information content (AvgIpc) is 2.52. The Labute approximate surface area is 136 Å². The van der Waals surface area contributed by atoms with Gasteiger partial charge in [0, 0.05) is 23.6 Å². The molecule has 2 N–H and O–H groups in total. The molecule has 2 atom stereocenters. The van der Waals surface area contributed by atoms with Crippen molar-refractivity contribution in [3.05, 3.63) is 38.9 Å². The Balaban J connectivity index is 2.22. The zero-order chi connectivity index (χ0) is 17.0. The van der Waals surface area contributed by atoms with Crippen molar-refractivity contribution in [1.82, 2.24) is 5.32 Å². The van der Waals surface area contributed by atoms with Gasteiger partial charge in [-0.15, -0.1) is 0 Å². The summed E-state index contributed by atoms with van der Waals surface area (Å²) in [6.07, 6.45) is 1.30. The minimum Gasteiger partial charge on any atom is -0.480 e. The molecule has 1 aromatic carbocycles. The molecule has 9 heteroatoms. The predicted octanol–water partition coefficient (Wildman–Crippen LogP) is 1.86. The number of ether oxygens (including phenoxy) is 1. The second-order valence-corrected chi connectivity index (χ2v) is 5.62. The van der Waals surface area contributed by atoms with Crippen molar-refractivity contribution in [2.24, 2.45) is 5.92 Å². The lowest BCUT2D eigenvalue weighted by Gasteiger charge is -2.28. The molecule has 1 amide bonds. The highest BCUT2D eigenvalue weighted by Gasteiger charge is 2.33. The van der Waals surface area contributed by atoms with E-state index in [1.165, 1.54) is 12.1 Å². The third-order valence-electron chi connectivity index (χ3n) is 3.62. The lowest BCUT2D eigenvalue weighted by molar-refractivity contribution is -0.385. The van der Waals surface area contributed by atoms with E-state index in [0.717, 1.165) is 6.07 Å². The molecule has 0 bridgehead atoms. The van der Waals surface area contributed by atoms with Crippen LogP contribution in [0.2, 0.25) is 5.02 Å². The molecule has 0 aromatic heterocycles. The van der Waals surface area contributed by atoms with Crippen molar-refractivity contribution in [1.29, 1.82) is 0 Å². The van der Waals surface area contributed by atoms with Crippen molar-refractivity contribution >= 4 is 29.2 Å². The highest BCUT2D eigenvalue weighted by Crippen LogP contribution is 2.24. The second kappa shape index (κ2) is 7.38. The topological polar surface area (TPSA) is 119 Å². The van der Waals surface area contributed by atoms with Gasteiger partial charge in [0.25, 0.3) is 11.6 Å². The van der Waals surface area contributed by atoms with Crippen LogP contribution in [0.3, 0.4) is 0 Å². The van der Waals surface area contributed by atoms with Crippen molar-refractivity contribution in [2.75, 3.05) is 13.2 Å². The van der Waals surface area contributed by atoms with E-state index < -0.39 is 28.5 Å². The number of carbonyl (C=O) groups excluding carboxylic acids is 1. The number of nitro benzene ring substituents is 1. The number of carbonyl (C=O) groups is 2. The molecular formula is C14H15ClN2O6. The molecular weight excluding hydrogens is 328 g/mol. The van der Waals surface area contributed by atoms with Gasteiger partial charge in [0.2, 0.25) is 0 Å². The summed E-state index contributed by atoms with van der Waals surface area (Å²) in [5.41, 5.74) is -0.707. The number of amides is 1. The summed E-state index contributed by atoms with van der Waals surface area (Å²) >= 11 is 5.70. The van der Waals surface area contributed by atoms with Crippen molar-refractivity contribution in [3.8, 4) is 0 Å². The highest BCUT2D eigenvalue weighted by molar-refractivity contribution is 6.31. The van der Waals surface area contributed by atoms with Crippen LogP contribution < -0.4 is 5.32 Å². The third-order valence-corrected chi connectivity index (χ3v) is 3.86. The summed E-state index contributed by atoms with van der Waals surface area (Å²) in [6, 6.07) is 2.42. The lowest BCUT2D eigenvalue weighted by Crippen LogP contribution is -2.48. The van der Waals surface area contributed by atoms with Gasteiger partial charge in [-0.05, 0) is 25.0 Å². The van der Waals surface area contributed by atoms with Crippen LogP contribution in [-0.4, -0.2) is 41.2 Å². The molecule has 1 fully saturated rings. The minimum atomic E-state index is -1.20. The first-order chi connectivity index (χ1) is 10.9. The van der Waals surface area contributed by atoms with E-state index in [4.69, 9.17) is 16.3 Å². The standard InChI is InChI=1S/C14H15ClN2O6/c15-9-3-4-10(11(6-9)17(21)22)13(18)16-12(14(19)20)8-2-1-5-23-7-8/h3-4,6,8,12H,1-2,5,7H2,(H,16,18)(H,19,20). The van der Waals surface area contributed by atoms with Gasteiger partial charge in [0.15, 0.2) is 0 Å². The van der Waals surface area contributed by atoms with E-state index >= 15 is 0 Å². The fraction of sp³-hybridized carbons (Fsp3) is 0.429. The first-order valence-electron chi connectivity index (χ1n) is 6.95. The summed E-state index contributed by atoms with van der Waals surface area (Å²) in [5.74, 6) is -2.41. The van der Waals surface area contributed by atoms with E-state index in [2.05, 4.69) is 5.32 Å². The van der Waals surface area contributed by atoms with E-state index in [-0.39, 0.29) is 23.1 Å². The van der Waals surface area contributed by atoms with Crippen LogP contribution in [0.15, 0.2) is 18.2 Å². The Morgan fingerprint density at radius 3 is 2.78 bits per heavy atom. The van der Waals surface area contributed by atoms with Gasteiger partial charge < -0.3 is 15.2 Å². The van der Waals surface area contributed by atoms with Gasteiger partial charge in [-0.25, -0.2) is 4.79 Å². The first-order valence-corrected chi connectivity index (χ1v) is 7.33. The number of carboxylic acids is 1. The molecule has 0 spiro atoms. The molecule has 1 aromatic rings. The Bertz CT molecular complexity index is 630. The van der Waals surface area contributed by atoms with Gasteiger partial charge in [-0.3, -0.25) is 14.9 Å². The maximum absolute atomic E-state index is 12.3. The van der Waals surface area contributed by atoms with Gasteiger partial charge in [-0.1, -0.05) is 11.6 Å². The molecule has 23 heavy (non-hydrogen) atoms. The van der Waals surface area contributed by atoms with Crippen molar-refractivity contribution < 1.29 is 24.4 Å². The summed E-state index contributed by atoms with van der Waals surface area (Å²) < 4.78 is 5.24. The van der Waals surface area contributed by atoms with Crippen LogP contribution in [0.1, 0.15) is 23.2 Å². The highest BCUT2D eigenvalue weighted by atomic mass is 35.5. The number of nitrogens with zero attached hydrogens (tertiary/aromatic N) is 1. The molecule has 1 aliphatic heterocycles. The van der Waals surface area contributed by atoms with Gasteiger partial charge in [0.1, 0.15) is 11.6 Å². The molecule has 8 nitrogen and oxygen atoms in total. The molecule has 1 saturated heterocycles. The molecule has 124 valence electrons. The van der Waals surface area contributed by atoms with E-state index in [1.807, 2.05) is 0 Å². The Morgan fingerprint density at radius 1 is 1.48 bits per heavy atom. The van der Waals surface area contributed by atoms with Gasteiger partial charge >= 0.3 is 5.97 Å². The summed E-state index contributed by atoms with van der Waals surface area (Å²) in [6.45, 7) is 0.777. The minimum absolute atomic E-state index is 0.115. The number of hydrogen-bond donors (Lipinski definition) is 2. The van der Waals surface area contributed by atoms with E-state index in [1.54, 1.807) is 0 Å². The number of benzene rings is 1. The Hall–Kier alpha value is -2.19. The van der Waals surface area contributed by atoms with Gasteiger partial charge in [0.05, 0.1) is 11.5 Å². The van der Waals surface area contributed by atoms with Crippen LogP contribution in [-0.2, 0) is 9.53 Å². The normalized spacial score (nSPS) is 18.9. The molecule has 2 unspecified atom stereocenters. The zero-order valence-corrected chi connectivity index (χ0v) is 12.8. The Morgan fingerprint density at radius 2 is 2.22 bits per heavy atom. The molecule has 2 rings (SSSR count). The monoisotopic (exact) mass is 342 g/mol. The number of nitro groups is 1. The lowest BCUT2D eigenvalue weighted by atomic mass is 9.93. The fourth-order valence-corrected chi connectivity index (χ4v) is 2.64. The molecule has 0 radical (unpaired) electrons. The molecule has 1 aliphatic rings. The Kier molecular flexibility index (Phi) is 5.51. The molecule has 0 aliphatic carbocycles. The maximum Gasteiger partial charge on any atom is 0.326 e. The zero-order valence-electron chi connectivity index (χ0n) is 12.0. The molecule has 1 heterocycles. The fourth-order valence-electron chi connectivity index (χ4n) is 2.48. The smallest absolute Gasteiger partial charge is 0.326 e. The first kappa shape index (κ1) is 17.2. The number of carboxylic acid groups (broad SMARTS) is 1. The number of hydrogen-bond acceptors (Lipinski definition) is 5. The maximum atomic E-state index is 12.3. The SMILES string of the molecule is O=C(NC(C(=O)O)C1CCCOC1)c1ccc(Cl)cc1[N+](=O)[O-]. The van der Waals surface area contributed by atoms with E-state index in [9.17, 15) is 24.8 Å². The van der Waals surface area contributed by atoms with Crippen LogP contribution in [0.4, 0.5) is 5.69 Å². The number of rotatable bonds is 5. The largest absolute Gasteiger partial charge is 0.480 e. The summed E-state index contributed by atoms with van der Waals surface area (Å²) in [4.78, 5) is 34.0. The van der Waals surface area contributed by atoms with Crippen LogP contribution in [0, 0.1) is 16.0 Å². The van der Waals surface area contributed by atoms with Gasteiger partial charge in [-0.2, -0.15) is 0 Å². The van der Waals surface area contributed by atoms with Crippen molar-refractivity contribution in [3.63, 3.8) is 0 Å². The summed E-state index contributed by atoms with van der Waals surface area (Å²) in [7, 11) is 0. The number of halogens is 1. The quantitative estimate of drug-likeness (QED) is 0.622. The van der Waals surface area contributed by atoms with Crippen LogP contribution in [0.25, 0.3) is 0 Å². The van der Waals surface area contributed by atoms with Crippen molar-refractivity contribution in [2.45, 2.75) is 18.9 Å². The number of nitrogens with one attached hydrogen (secondary N) is 1. The van der Waals surface area contributed by atoms with Crippen LogP contribution >= 0.6 is 11.6 Å². The molecule has 0 saturated carbocycles. The summed E-state index contributed by atoms with van der Waals surface area (Å²) in [5, 5.41) is 22.8. The third kappa shape index (κ3) is 4.17.